The zero-order valence-electron chi connectivity index (χ0n) is 35.6. The summed E-state index contributed by atoms with van der Waals surface area (Å²) in [5, 5.41) is 26.4. The fourth-order valence-corrected chi connectivity index (χ4v) is 9.52. The number of nitrogens with two attached hydrogens (primary N) is 1. The number of carbonyl (C=O) groups is 3. The number of anilines is 1. The molecule has 1 fully saturated rings. The van der Waals surface area contributed by atoms with E-state index in [4.69, 9.17) is 19.5 Å². The van der Waals surface area contributed by atoms with Crippen LogP contribution < -0.4 is 50.8 Å². The molecule has 0 radical (unpaired) electrons. The van der Waals surface area contributed by atoms with Crippen LogP contribution in [0, 0.1) is 5.41 Å². The first kappa shape index (κ1) is 57.4. The summed E-state index contributed by atoms with van der Waals surface area (Å²) in [7, 11) is -16.7. The molecule has 2 aromatic heterocycles. The average molecular weight is 984 g/mol. The van der Waals surface area contributed by atoms with Crippen LogP contribution in [0.1, 0.15) is 91.2 Å². The predicted octanol–water partition coefficient (Wildman–Crippen LogP) is -0.876. The number of imidazole rings is 1. The van der Waals surface area contributed by atoms with Gasteiger partial charge in [-0.3, -0.25) is 32.6 Å². The van der Waals surface area contributed by atoms with E-state index in [9.17, 15) is 57.9 Å². The van der Waals surface area contributed by atoms with Crippen molar-refractivity contribution in [3.8, 4) is 0 Å². The fourth-order valence-electron chi connectivity index (χ4n) is 5.97. The molecule has 24 nitrogen and oxygen atoms in total. The van der Waals surface area contributed by atoms with Gasteiger partial charge < -0.3 is 55.4 Å². The number of aliphatic hydroxyl groups is 2. The molecule has 0 aromatic carbocycles. The smallest absolute Gasteiger partial charge is 0.756 e. The molecule has 2 amide bonds. The molecule has 1 saturated heterocycles. The summed E-state index contributed by atoms with van der Waals surface area (Å²) in [5.74, 6) is -1.12. The summed E-state index contributed by atoms with van der Waals surface area (Å²) < 4.78 is 62.0. The number of phosphoric ester groups is 3. The van der Waals surface area contributed by atoms with Crippen molar-refractivity contribution < 1.29 is 110 Å². The molecule has 2 aromatic rings. The standard InChI is InChI=1S/C34H58N7O17P3S.Na/c1-5-6-7-8-9-10-11-12-22(2)17-25(43)62-16-15-36-24(42)13-14-37-32(46)29(45)34(3,4)19-55-61(52,53)58-60(50,51)54-18-23-28(57-59(47,48)49)27(44)33(56-23)41-21-40-26-30(35)38-20-39-31(26)41;/h20-21,23,27-29,33,44-45H,2,5-19H2,1,3-4H3,(H,36,42)(H,37,46)(H,50,51)(H,52,53)(H2,35,38,39)(H2,47,48,49);/q;+1/p-1. The van der Waals surface area contributed by atoms with Gasteiger partial charge in [0.25, 0.3) is 7.82 Å². The van der Waals surface area contributed by atoms with Gasteiger partial charge in [-0.1, -0.05) is 83.2 Å². The number of aliphatic hydroxyl groups excluding tert-OH is 2. The van der Waals surface area contributed by atoms with Crippen LogP contribution in [0.3, 0.4) is 0 Å². The minimum absolute atomic E-state index is 0. The Bertz CT molecular complexity index is 1980. The normalized spacial score (nSPS) is 21.1. The summed E-state index contributed by atoms with van der Waals surface area (Å²) in [6.07, 6.45) is 2.18. The van der Waals surface area contributed by atoms with Crippen LogP contribution >= 0.6 is 35.2 Å². The monoisotopic (exact) mass is 983 g/mol. The topological polar surface area (TPSA) is 366 Å². The quantitative estimate of drug-likeness (QED) is 0.0212. The first-order chi connectivity index (χ1) is 28.9. The fraction of sp³-hybridized carbons (Fsp3) is 0.706. The molecule has 8 unspecified atom stereocenters. The first-order valence-corrected chi connectivity index (χ1v) is 25.1. The van der Waals surface area contributed by atoms with Gasteiger partial charge in [0.05, 0.1) is 19.5 Å². The maximum atomic E-state index is 12.7. The predicted molar refractivity (Wildman–Crippen MR) is 221 cm³/mol. The summed E-state index contributed by atoms with van der Waals surface area (Å²) in [6, 6.07) is 0. The van der Waals surface area contributed by atoms with E-state index >= 15 is 0 Å². The van der Waals surface area contributed by atoms with Crippen molar-refractivity contribution in [3.63, 3.8) is 0 Å². The van der Waals surface area contributed by atoms with Crippen LogP contribution in [0.15, 0.2) is 24.8 Å². The van der Waals surface area contributed by atoms with E-state index in [-0.39, 0.29) is 77.6 Å². The SMILES string of the molecule is C=C(CCCCCCCCC)CC(=O)SCCNC(=O)CCNC(=O)C(O)C(C)(C)COP(=O)(O)OP(=O)(O)OCC1OC(n2cnc3c(N)ncnc32)C(O)C1OP(=O)([O-])O.[Na+]. The zero-order chi connectivity index (χ0) is 46.3. The summed E-state index contributed by atoms with van der Waals surface area (Å²) in [4.78, 5) is 90.2. The average Bonchev–Trinajstić information content (AvgIpc) is 3.74. The van der Waals surface area contributed by atoms with Gasteiger partial charge in [-0.25, -0.2) is 24.1 Å². The van der Waals surface area contributed by atoms with Gasteiger partial charge in [-0.15, -0.1) is 0 Å². The maximum absolute atomic E-state index is 12.7. The molecule has 0 aliphatic carbocycles. The second-order valence-corrected chi connectivity index (χ2v) is 20.4. The molecular weight excluding hydrogens is 926 g/mol. The van der Waals surface area contributed by atoms with Crippen LogP contribution in [0.4, 0.5) is 5.82 Å². The Morgan fingerprint density at radius 1 is 1.02 bits per heavy atom. The molecule has 3 heterocycles. The Morgan fingerprint density at radius 3 is 2.33 bits per heavy atom. The van der Waals surface area contributed by atoms with Crippen molar-refractivity contribution in [2.75, 3.05) is 37.8 Å². The van der Waals surface area contributed by atoms with Gasteiger partial charge in [-0.05, 0) is 12.8 Å². The number of unbranched alkanes of at least 4 members (excludes halogenated alkanes) is 6. The van der Waals surface area contributed by atoms with E-state index in [1.54, 1.807) is 0 Å². The molecule has 29 heteroatoms. The van der Waals surface area contributed by atoms with Crippen molar-refractivity contribution >= 4 is 69.1 Å². The molecule has 0 spiro atoms. The molecule has 0 saturated carbocycles. The number of ether oxygens (including phenoxy) is 1. The number of aromatic nitrogens is 4. The number of nitrogen functional groups attached to an aromatic ring is 1. The second kappa shape index (κ2) is 26.6. The number of hydrogen-bond donors (Lipinski definition) is 8. The van der Waals surface area contributed by atoms with E-state index in [1.807, 2.05) is 0 Å². The van der Waals surface area contributed by atoms with E-state index in [1.165, 1.54) is 46.0 Å². The molecule has 9 N–H and O–H groups in total. The first-order valence-electron chi connectivity index (χ1n) is 19.6. The largest absolute Gasteiger partial charge is 1.00 e. The minimum atomic E-state index is -5.59. The number of nitrogens with zero attached hydrogens (tertiary/aromatic N) is 4. The van der Waals surface area contributed by atoms with Gasteiger partial charge in [0.2, 0.25) is 11.8 Å². The molecule has 1 aliphatic heterocycles. The molecular formula is C34H57N7NaO17P3S. The zero-order valence-corrected chi connectivity index (χ0v) is 41.1. The maximum Gasteiger partial charge on any atom is 1.00 e. The van der Waals surface area contributed by atoms with Crippen molar-refractivity contribution in [2.45, 2.75) is 116 Å². The van der Waals surface area contributed by atoms with Crippen LogP contribution in [-0.4, -0.2) is 118 Å². The molecule has 3 rings (SSSR count). The van der Waals surface area contributed by atoms with Crippen LogP contribution in [0.2, 0.25) is 0 Å². The number of phosphoric acid groups is 3. The summed E-state index contributed by atoms with van der Waals surface area (Å²) in [5.41, 5.74) is 5.11. The van der Waals surface area contributed by atoms with Gasteiger partial charge in [0.1, 0.15) is 36.3 Å². The Morgan fingerprint density at radius 2 is 1.67 bits per heavy atom. The number of allylic oxidation sites excluding steroid dienone is 1. The minimum Gasteiger partial charge on any atom is -0.756 e. The Balaban J connectivity index is 0.0000137. The summed E-state index contributed by atoms with van der Waals surface area (Å²) in [6.45, 7) is 6.63. The van der Waals surface area contributed by atoms with Crippen LogP contribution in [-0.2, 0) is 50.7 Å². The molecule has 0 bridgehead atoms. The van der Waals surface area contributed by atoms with Gasteiger partial charge in [0.15, 0.2) is 22.8 Å². The third kappa shape index (κ3) is 20.0. The molecule has 63 heavy (non-hydrogen) atoms. The van der Waals surface area contributed by atoms with Gasteiger partial charge >= 0.3 is 45.2 Å². The van der Waals surface area contributed by atoms with Crippen molar-refractivity contribution in [1.82, 2.24) is 30.2 Å². The number of amides is 2. The number of fused-ring (bicyclic) bond motifs is 1. The van der Waals surface area contributed by atoms with E-state index in [2.05, 4.69) is 47.9 Å². The number of carbonyl (C=O) groups excluding carboxylic acids is 3. The number of hydrogen-bond acceptors (Lipinski definition) is 19. The summed E-state index contributed by atoms with van der Waals surface area (Å²) >= 11 is 1.09. The molecule has 8 atom stereocenters. The Hall–Kier alpha value is -1.70. The number of nitrogens with one attached hydrogen (secondary N) is 2. The Kier molecular flexibility index (Phi) is 24.2. The van der Waals surface area contributed by atoms with E-state index < -0.39 is 84.6 Å². The second-order valence-electron chi connectivity index (χ2n) is 15.1. The van der Waals surface area contributed by atoms with Crippen LogP contribution in [0.5, 0.6) is 0 Å². The van der Waals surface area contributed by atoms with Crippen molar-refractivity contribution in [1.29, 1.82) is 0 Å². The third-order valence-electron chi connectivity index (χ3n) is 9.29. The Labute approximate surface area is 391 Å². The van der Waals surface area contributed by atoms with Gasteiger partial charge in [-0.2, -0.15) is 4.31 Å². The molecule has 352 valence electrons. The van der Waals surface area contributed by atoms with Crippen molar-refractivity contribution in [3.05, 3.63) is 24.8 Å². The van der Waals surface area contributed by atoms with E-state index in [0.717, 1.165) is 53.8 Å². The molecule has 1 aliphatic rings. The van der Waals surface area contributed by atoms with Crippen molar-refractivity contribution in [2.24, 2.45) is 5.41 Å². The van der Waals surface area contributed by atoms with Gasteiger partial charge in [0, 0.05) is 37.1 Å². The van der Waals surface area contributed by atoms with E-state index in [0.29, 0.717) is 5.75 Å². The third-order valence-corrected chi connectivity index (χ3v) is 13.3. The number of rotatable bonds is 29. The number of thioether (sulfide) groups is 1. The van der Waals surface area contributed by atoms with Crippen LogP contribution in [0.25, 0.3) is 11.2 Å².